The van der Waals surface area contributed by atoms with Crippen LogP contribution in [-0.4, -0.2) is 56.8 Å². The molecule has 38 heavy (non-hydrogen) atoms. The molecule has 2 amide bonds. The van der Waals surface area contributed by atoms with Crippen molar-refractivity contribution in [3.05, 3.63) is 53.6 Å². The van der Waals surface area contributed by atoms with Crippen LogP contribution in [0, 0.1) is 6.92 Å². The van der Waals surface area contributed by atoms with E-state index >= 15 is 0 Å². The maximum atomic E-state index is 13.5. The molecule has 0 aromatic heterocycles. The lowest BCUT2D eigenvalue weighted by Gasteiger charge is -2.30. The summed E-state index contributed by atoms with van der Waals surface area (Å²) in [7, 11) is -3.60. The van der Waals surface area contributed by atoms with E-state index in [0.29, 0.717) is 30.2 Å². The highest BCUT2D eigenvalue weighted by molar-refractivity contribution is 7.92. The molecule has 10 heteroatoms. The van der Waals surface area contributed by atoms with Gasteiger partial charge in [-0.15, -0.1) is 0 Å². The van der Waals surface area contributed by atoms with E-state index in [-0.39, 0.29) is 37.6 Å². The number of anilines is 1. The lowest BCUT2D eigenvalue weighted by atomic mass is 10.1. The molecule has 1 N–H and O–H groups in total. The molecular formula is C28H37N3O6S. The van der Waals surface area contributed by atoms with Crippen molar-refractivity contribution in [2.75, 3.05) is 23.9 Å². The van der Waals surface area contributed by atoms with Crippen LogP contribution >= 0.6 is 0 Å². The van der Waals surface area contributed by atoms with Gasteiger partial charge in [0.25, 0.3) is 0 Å². The monoisotopic (exact) mass is 543 g/mol. The van der Waals surface area contributed by atoms with Gasteiger partial charge in [0.1, 0.15) is 6.04 Å². The van der Waals surface area contributed by atoms with Crippen molar-refractivity contribution in [1.82, 2.24) is 10.2 Å². The van der Waals surface area contributed by atoms with Gasteiger partial charge in [0.15, 0.2) is 11.5 Å². The molecule has 0 spiro atoms. The second-order valence-electron chi connectivity index (χ2n) is 10.1. The van der Waals surface area contributed by atoms with Crippen LogP contribution in [0.25, 0.3) is 0 Å². The Morgan fingerprint density at radius 2 is 1.79 bits per heavy atom. The topological polar surface area (TPSA) is 105 Å². The van der Waals surface area contributed by atoms with Crippen molar-refractivity contribution in [3.8, 4) is 11.5 Å². The average Bonchev–Trinajstić information content (AvgIpc) is 3.56. The summed E-state index contributed by atoms with van der Waals surface area (Å²) in [6.45, 7) is 4.26. The number of nitrogens with zero attached hydrogens (tertiary/aromatic N) is 2. The molecule has 1 aliphatic carbocycles. The summed E-state index contributed by atoms with van der Waals surface area (Å²) in [6, 6.07) is 12.3. The van der Waals surface area contributed by atoms with Crippen LogP contribution in [0.15, 0.2) is 42.5 Å². The molecule has 206 valence electrons. The zero-order chi connectivity index (χ0) is 27.3. The summed E-state index contributed by atoms with van der Waals surface area (Å²) in [5.74, 6) is 0.700. The number of benzene rings is 2. The van der Waals surface area contributed by atoms with E-state index in [0.717, 1.165) is 43.1 Å². The number of carbonyl (C=O) groups is 2. The Balaban J connectivity index is 1.46. The lowest BCUT2D eigenvalue weighted by molar-refractivity contribution is -0.141. The van der Waals surface area contributed by atoms with Gasteiger partial charge in [-0.25, -0.2) is 8.42 Å². The largest absolute Gasteiger partial charge is 0.454 e. The zero-order valence-corrected chi connectivity index (χ0v) is 23.1. The molecular weight excluding hydrogens is 506 g/mol. The molecule has 1 saturated carbocycles. The van der Waals surface area contributed by atoms with Crippen LogP contribution < -0.4 is 19.1 Å². The minimum atomic E-state index is -3.60. The minimum absolute atomic E-state index is 0.0927. The van der Waals surface area contributed by atoms with Crippen molar-refractivity contribution in [2.45, 2.75) is 71.0 Å². The van der Waals surface area contributed by atoms with Gasteiger partial charge in [0.05, 0.1) is 11.9 Å². The van der Waals surface area contributed by atoms with Crippen molar-refractivity contribution in [3.63, 3.8) is 0 Å². The van der Waals surface area contributed by atoms with E-state index in [9.17, 15) is 18.0 Å². The van der Waals surface area contributed by atoms with E-state index < -0.39 is 16.1 Å². The molecule has 0 radical (unpaired) electrons. The zero-order valence-electron chi connectivity index (χ0n) is 22.3. The standard InChI is InChI=1S/C28H37N3O6S/c1-20-9-4-5-10-22(20)18-30(21(2)28(33)29-23-11-6-7-12-23)27(32)13-8-16-31(38(3,34)35)24-14-15-25-26(17-24)37-19-36-25/h4-5,9-10,14-15,17,21,23H,6-8,11-13,16,18-19H2,1-3H3,(H,29,33)/t21-/m0/s1. The molecule has 9 nitrogen and oxygen atoms in total. The number of carbonyl (C=O) groups excluding carboxylic acids is 2. The number of nitrogens with one attached hydrogen (secondary N) is 1. The van der Waals surface area contributed by atoms with E-state index in [1.165, 1.54) is 4.31 Å². The van der Waals surface area contributed by atoms with Gasteiger partial charge in [-0.2, -0.15) is 0 Å². The SMILES string of the molecule is Cc1ccccc1CN(C(=O)CCCN(c1ccc2c(c1)OCO2)S(C)(=O)=O)[C@@H](C)C(=O)NC1CCCC1. The third-order valence-electron chi connectivity index (χ3n) is 7.27. The normalized spacial score (nSPS) is 15.8. The molecule has 2 aromatic carbocycles. The first-order valence-corrected chi connectivity index (χ1v) is 15.0. The maximum absolute atomic E-state index is 13.5. The number of ether oxygens (including phenoxy) is 2. The summed E-state index contributed by atoms with van der Waals surface area (Å²) in [5.41, 5.74) is 2.46. The number of rotatable bonds is 11. The van der Waals surface area contributed by atoms with E-state index in [2.05, 4.69) is 5.32 Å². The van der Waals surface area contributed by atoms with Crippen LogP contribution in [0.3, 0.4) is 0 Å². The van der Waals surface area contributed by atoms with Gasteiger partial charge in [0.2, 0.25) is 28.6 Å². The summed E-state index contributed by atoms with van der Waals surface area (Å²) in [6.07, 6.45) is 5.66. The Hall–Kier alpha value is -3.27. The molecule has 0 unspecified atom stereocenters. The van der Waals surface area contributed by atoms with Crippen molar-refractivity contribution in [2.24, 2.45) is 0 Å². The van der Waals surface area contributed by atoms with Crippen molar-refractivity contribution < 1.29 is 27.5 Å². The highest BCUT2D eigenvalue weighted by atomic mass is 32.2. The summed E-state index contributed by atoms with van der Waals surface area (Å²) >= 11 is 0. The Kier molecular flexibility index (Phi) is 8.81. The lowest BCUT2D eigenvalue weighted by Crippen LogP contribution is -2.49. The quantitative estimate of drug-likeness (QED) is 0.463. The summed E-state index contributed by atoms with van der Waals surface area (Å²) < 4.78 is 37.2. The van der Waals surface area contributed by atoms with Gasteiger partial charge in [-0.05, 0) is 56.4 Å². The Bertz CT molecular complexity index is 1260. The summed E-state index contributed by atoms with van der Waals surface area (Å²) in [4.78, 5) is 28.2. The average molecular weight is 544 g/mol. The Morgan fingerprint density at radius 3 is 2.50 bits per heavy atom. The number of hydrogen-bond acceptors (Lipinski definition) is 6. The van der Waals surface area contributed by atoms with Gasteiger partial charge >= 0.3 is 0 Å². The smallest absolute Gasteiger partial charge is 0.242 e. The third-order valence-corrected chi connectivity index (χ3v) is 8.46. The highest BCUT2D eigenvalue weighted by Crippen LogP contribution is 2.36. The summed E-state index contributed by atoms with van der Waals surface area (Å²) in [5, 5.41) is 3.11. The third kappa shape index (κ3) is 6.78. The second-order valence-corrected chi connectivity index (χ2v) is 12.0. The molecule has 2 aromatic rings. The number of hydrogen-bond donors (Lipinski definition) is 1. The molecule has 4 rings (SSSR count). The fourth-order valence-electron chi connectivity index (χ4n) is 4.99. The highest BCUT2D eigenvalue weighted by Gasteiger charge is 2.29. The Labute approximate surface area is 225 Å². The minimum Gasteiger partial charge on any atom is -0.454 e. The molecule has 0 bridgehead atoms. The molecule has 1 heterocycles. The first kappa shape index (κ1) is 27.8. The molecule has 1 aliphatic heterocycles. The number of aryl methyl sites for hydroxylation is 1. The van der Waals surface area contributed by atoms with Gasteiger partial charge in [-0.3, -0.25) is 13.9 Å². The first-order chi connectivity index (χ1) is 18.1. The van der Waals surface area contributed by atoms with Crippen molar-refractivity contribution >= 4 is 27.5 Å². The predicted molar refractivity (Wildman–Crippen MR) is 146 cm³/mol. The van der Waals surface area contributed by atoms with Crippen LogP contribution in [-0.2, 0) is 26.2 Å². The van der Waals surface area contributed by atoms with Crippen LogP contribution in [0.2, 0.25) is 0 Å². The van der Waals surface area contributed by atoms with Gasteiger partial charge in [0, 0.05) is 31.6 Å². The number of sulfonamides is 1. The fraction of sp³-hybridized carbons (Fsp3) is 0.500. The van der Waals surface area contributed by atoms with Gasteiger partial charge in [-0.1, -0.05) is 37.1 Å². The second kappa shape index (κ2) is 12.1. The van der Waals surface area contributed by atoms with E-state index in [1.54, 1.807) is 30.0 Å². The molecule has 1 atom stereocenters. The number of fused-ring (bicyclic) bond motifs is 1. The van der Waals surface area contributed by atoms with E-state index in [4.69, 9.17) is 9.47 Å². The molecule has 0 saturated heterocycles. The van der Waals surface area contributed by atoms with E-state index in [1.807, 2.05) is 31.2 Å². The van der Waals surface area contributed by atoms with Gasteiger partial charge < -0.3 is 19.7 Å². The maximum Gasteiger partial charge on any atom is 0.242 e. The Morgan fingerprint density at radius 1 is 1.08 bits per heavy atom. The first-order valence-electron chi connectivity index (χ1n) is 13.1. The predicted octanol–water partition coefficient (Wildman–Crippen LogP) is 3.75. The van der Waals surface area contributed by atoms with Crippen molar-refractivity contribution in [1.29, 1.82) is 0 Å². The fourth-order valence-corrected chi connectivity index (χ4v) is 5.95. The van der Waals surface area contributed by atoms with Crippen LogP contribution in [0.1, 0.15) is 56.6 Å². The number of amides is 2. The van der Waals surface area contributed by atoms with Crippen LogP contribution in [0.4, 0.5) is 5.69 Å². The van der Waals surface area contributed by atoms with Crippen LogP contribution in [0.5, 0.6) is 11.5 Å². The molecule has 1 fully saturated rings. The molecule has 2 aliphatic rings.